The molecule has 0 unspecified atom stereocenters. The molecule has 0 amide bonds. The van der Waals surface area contributed by atoms with Gasteiger partial charge in [0.2, 0.25) is 0 Å². The zero-order chi connectivity index (χ0) is 8.81. The summed E-state index contributed by atoms with van der Waals surface area (Å²) < 4.78 is 0. The van der Waals surface area contributed by atoms with Crippen LogP contribution in [0.4, 0.5) is 0 Å². The first-order valence-corrected chi connectivity index (χ1v) is 4.72. The third-order valence-corrected chi connectivity index (χ3v) is 2.60. The maximum Gasteiger partial charge on any atom is 0.0598 e. The molecule has 0 spiro atoms. The minimum absolute atomic E-state index is 0.815. The molecule has 0 saturated carbocycles. The van der Waals surface area contributed by atoms with Gasteiger partial charge < -0.3 is 5.73 Å². The van der Waals surface area contributed by atoms with Gasteiger partial charge in [-0.15, -0.1) is 6.42 Å². The van der Waals surface area contributed by atoms with Crippen molar-refractivity contribution in [2.45, 2.75) is 19.3 Å². The third-order valence-electron chi connectivity index (χ3n) is 2.60. The maximum atomic E-state index is 5.51. The molecule has 0 aromatic rings. The predicted molar refractivity (Wildman–Crippen MR) is 51.7 cm³/mol. The predicted octanol–water partition coefficient (Wildman–Crippen LogP) is 0.680. The summed E-state index contributed by atoms with van der Waals surface area (Å²) >= 11 is 0. The number of nitrogens with two attached hydrogens (primary N) is 1. The molecular formula is C10H18N2. The average Bonchev–Trinajstić information content (AvgIpc) is 2.09. The molecule has 1 aliphatic heterocycles. The number of nitrogens with zero attached hydrogens (tertiary/aromatic N) is 1. The summed E-state index contributed by atoms with van der Waals surface area (Å²) in [5.74, 6) is 3.54. The second-order valence-corrected chi connectivity index (χ2v) is 3.50. The first-order valence-electron chi connectivity index (χ1n) is 4.72. The average molecular weight is 166 g/mol. The standard InChI is InChI=1S/C10H18N2/c1-2-7-12-8-4-10(3-6-11)5-9-12/h1,10H,3-9,11H2. The lowest BCUT2D eigenvalue weighted by molar-refractivity contribution is 0.199. The summed E-state index contributed by atoms with van der Waals surface area (Å²) in [6.45, 7) is 3.97. The van der Waals surface area contributed by atoms with E-state index < -0.39 is 0 Å². The molecule has 0 radical (unpaired) electrons. The summed E-state index contributed by atoms with van der Waals surface area (Å²) in [7, 11) is 0. The first kappa shape index (κ1) is 9.57. The molecule has 1 rings (SSSR count). The molecule has 0 aromatic carbocycles. The molecule has 0 aromatic heterocycles. The molecule has 1 saturated heterocycles. The van der Waals surface area contributed by atoms with Gasteiger partial charge in [0.05, 0.1) is 6.54 Å². The molecule has 12 heavy (non-hydrogen) atoms. The number of terminal acetylenes is 1. The molecule has 0 aliphatic carbocycles. The van der Waals surface area contributed by atoms with E-state index in [2.05, 4.69) is 10.8 Å². The van der Waals surface area contributed by atoms with Crippen molar-refractivity contribution in [3.63, 3.8) is 0 Å². The normalized spacial score (nSPS) is 20.7. The third kappa shape index (κ3) is 2.84. The first-order chi connectivity index (χ1) is 5.86. The number of rotatable bonds is 3. The van der Waals surface area contributed by atoms with Gasteiger partial charge >= 0.3 is 0 Å². The molecule has 0 atom stereocenters. The van der Waals surface area contributed by atoms with Crippen molar-refractivity contribution in [1.82, 2.24) is 4.90 Å². The molecule has 1 fully saturated rings. The van der Waals surface area contributed by atoms with Gasteiger partial charge in [0.25, 0.3) is 0 Å². The Morgan fingerprint density at radius 2 is 2.08 bits per heavy atom. The second kappa shape index (κ2) is 5.18. The molecule has 0 bridgehead atoms. The Kier molecular flexibility index (Phi) is 4.13. The van der Waals surface area contributed by atoms with Gasteiger partial charge in [-0.2, -0.15) is 0 Å². The summed E-state index contributed by atoms with van der Waals surface area (Å²) in [6, 6.07) is 0. The van der Waals surface area contributed by atoms with E-state index in [0.29, 0.717) is 0 Å². The fraction of sp³-hybridized carbons (Fsp3) is 0.800. The SMILES string of the molecule is C#CCN1CCC(CCN)CC1. The lowest BCUT2D eigenvalue weighted by atomic mass is 9.94. The van der Waals surface area contributed by atoms with Crippen molar-refractivity contribution in [2.24, 2.45) is 11.7 Å². The molecule has 2 heteroatoms. The Morgan fingerprint density at radius 3 is 2.58 bits per heavy atom. The number of hydrogen-bond acceptors (Lipinski definition) is 2. The lowest BCUT2D eigenvalue weighted by Gasteiger charge is -2.30. The van der Waals surface area contributed by atoms with Crippen LogP contribution in [0.2, 0.25) is 0 Å². The Morgan fingerprint density at radius 1 is 1.42 bits per heavy atom. The Bertz CT molecular complexity index is 152. The van der Waals surface area contributed by atoms with Gasteiger partial charge in [-0.3, -0.25) is 4.90 Å². The zero-order valence-electron chi connectivity index (χ0n) is 7.63. The van der Waals surface area contributed by atoms with Crippen LogP contribution in [0.25, 0.3) is 0 Å². The van der Waals surface area contributed by atoms with Gasteiger partial charge in [-0.05, 0) is 44.8 Å². The monoisotopic (exact) mass is 166 g/mol. The van der Waals surface area contributed by atoms with Crippen LogP contribution >= 0.6 is 0 Å². The van der Waals surface area contributed by atoms with Crippen molar-refractivity contribution in [1.29, 1.82) is 0 Å². The van der Waals surface area contributed by atoms with E-state index in [4.69, 9.17) is 12.2 Å². The molecule has 2 nitrogen and oxygen atoms in total. The van der Waals surface area contributed by atoms with E-state index in [-0.39, 0.29) is 0 Å². The minimum Gasteiger partial charge on any atom is -0.330 e. The summed E-state index contributed by atoms with van der Waals surface area (Å²) in [5, 5.41) is 0. The van der Waals surface area contributed by atoms with Crippen molar-refractivity contribution in [2.75, 3.05) is 26.2 Å². The van der Waals surface area contributed by atoms with Crippen LogP contribution in [0.15, 0.2) is 0 Å². The van der Waals surface area contributed by atoms with E-state index in [1.54, 1.807) is 0 Å². The molecular weight excluding hydrogens is 148 g/mol. The van der Waals surface area contributed by atoms with Crippen LogP contribution < -0.4 is 5.73 Å². The number of hydrogen-bond donors (Lipinski definition) is 1. The summed E-state index contributed by atoms with van der Waals surface area (Å²) in [4.78, 5) is 2.34. The largest absolute Gasteiger partial charge is 0.330 e. The number of likely N-dealkylation sites (tertiary alicyclic amines) is 1. The molecule has 1 heterocycles. The Balaban J connectivity index is 2.16. The lowest BCUT2D eigenvalue weighted by Crippen LogP contribution is -2.34. The highest BCUT2D eigenvalue weighted by Crippen LogP contribution is 2.18. The Labute approximate surface area is 75.1 Å². The smallest absolute Gasteiger partial charge is 0.0598 e. The molecule has 2 N–H and O–H groups in total. The Hall–Kier alpha value is -0.520. The highest BCUT2D eigenvalue weighted by Gasteiger charge is 2.17. The molecule has 68 valence electrons. The van der Waals surface area contributed by atoms with Crippen molar-refractivity contribution in [3.05, 3.63) is 0 Å². The molecule has 1 aliphatic rings. The van der Waals surface area contributed by atoms with Gasteiger partial charge in [-0.25, -0.2) is 0 Å². The summed E-state index contributed by atoms with van der Waals surface area (Å²) in [6.07, 6.45) is 8.98. The topological polar surface area (TPSA) is 29.3 Å². The van der Waals surface area contributed by atoms with Crippen molar-refractivity contribution < 1.29 is 0 Å². The fourth-order valence-corrected chi connectivity index (χ4v) is 1.80. The van der Waals surface area contributed by atoms with Crippen molar-refractivity contribution >= 4 is 0 Å². The van der Waals surface area contributed by atoms with Crippen LogP contribution in [-0.2, 0) is 0 Å². The van der Waals surface area contributed by atoms with E-state index in [9.17, 15) is 0 Å². The van der Waals surface area contributed by atoms with Gasteiger partial charge in [0.15, 0.2) is 0 Å². The van der Waals surface area contributed by atoms with E-state index in [1.807, 2.05) is 0 Å². The van der Waals surface area contributed by atoms with Gasteiger partial charge in [0, 0.05) is 0 Å². The van der Waals surface area contributed by atoms with Crippen LogP contribution in [0.3, 0.4) is 0 Å². The van der Waals surface area contributed by atoms with Crippen LogP contribution in [-0.4, -0.2) is 31.1 Å². The minimum atomic E-state index is 0.815. The van der Waals surface area contributed by atoms with E-state index in [1.165, 1.54) is 19.3 Å². The fourth-order valence-electron chi connectivity index (χ4n) is 1.80. The van der Waals surface area contributed by atoms with Gasteiger partial charge in [-0.1, -0.05) is 5.92 Å². The highest BCUT2D eigenvalue weighted by molar-refractivity contribution is 4.89. The van der Waals surface area contributed by atoms with Crippen LogP contribution in [0.5, 0.6) is 0 Å². The highest BCUT2D eigenvalue weighted by atomic mass is 15.1. The van der Waals surface area contributed by atoms with Crippen LogP contribution in [0.1, 0.15) is 19.3 Å². The van der Waals surface area contributed by atoms with Crippen LogP contribution in [0, 0.1) is 18.3 Å². The quantitative estimate of drug-likeness (QED) is 0.625. The van der Waals surface area contributed by atoms with E-state index in [0.717, 1.165) is 32.1 Å². The van der Waals surface area contributed by atoms with E-state index >= 15 is 0 Å². The van der Waals surface area contributed by atoms with Gasteiger partial charge in [0.1, 0.15) is 0 Å². The zero-order valence-corrected chi connectivity index (χ0v) is 7.63. The summed E-state index contributed by atoms with van der Waals surface area (Å²) in [5.41, 5.74) is 5.51. The second-order valence-electron chi connectivity index (χ2n) is 3.50. The van der Waals surface area contributed by atoms with Crippen molar-refractivity contribution in [3.8, 4) is 12.3 Å². The maximum absolute atomic E-state index is 5.51. The number of piperidine rings is 1.